The average molecular weight is 368 g/mol. The van der Waals surface area contributed by atoms with Crippen LogP contribution in [0, 0.1) is 0 Å². The van der Waals surface area contributed by atoms with Gasteiger partial charge in [0.2, 0.25) is 0 Å². The highest BCUT2D eigenvalue weighted by molar-refractivity contribution is 6.13. The molecule has 3 aromatic carbocycles. The Hall–Kier alpha value is -3.20. The Balaban J connectivity index is 1.77. The highest BCUT2D eigenvalue weighted by Crippen LogP contribution is 2.39. The van der Waals surface area contributed by atoms with Gasteiger partial charge in [-0.25, -0.2) is 0 Å². The monoisotopic (exact) mass is 368 g/mol. The molecule has 0 aromatic heterocycles. The molecule has 1 amide bonds. The number of hydrogen-bond donors (Lipinski definition) is 0. The number of nitrogens with zero attached hydrogens (tertiary/aromatic N) is 2. The zero-order chi connectivity index (χ0) is 19.4. The summed E-state index contributed by atoms with van der Waals surface area (Å²) in [5, 5.41) is 0. The molecule has 1 atom stereocenters. The number of carbonyl (C=O) groups is 1. The molecule has 140 valence electrons. The van der Waals surface area contributed by atoms with Crippen molar-refractivity contribution in [2.24, 2.45) is 4.99 Å². The Labute approximate surface area is 166 Å². The fourth-order valence-corrected chi connectivity index (χ4v) is 4.07. The average Bonchev–Trinajstić information content (AvgIpc) is 3.06. The molecule has 1 aliphatic rings. The SMILES string of the molecule is CC[C@@]1(c2ccccc2)C(=O)N=C(c2ccccc2)N1CCc1ccccc1. The van der Waals surface area contributed by atoms with Gasteiger partial charge in [0.05, 0.1) is 0 Å². The van der Waals surface area contributed by atoms with Crippen LogP contribution >= 0.6 is 0 Å². The predicted octanol–water partition coefficient (Wildman–Crippen LogP) is 4.82. The van der Waals surface area contributed by atoms with E-state index in [0.717, 1.165) is 29.9 Å². The maximum Gasteiger partial charge on any atom is 0.278 e. The number of amidine groups is 1. The molecular weight excluding hydrogens is 344 g/mol. The molecule has 0 unspecified atom stereocenters. The van der Waals surface area contributed by atoms with E-state index in [1.54, 1.807) is 0 Å². The van der Waals surface area contributed by atoms with Gasteiger partial charge >= 0.3 is 0 Å². The van der Waals surface area contributed by atoms with Crippen LogP contribution in [0.5, 0.6) is 0 Å². The molecule has 0 saturated carbocycles. The van der Waals surface area contributed by atoms with Gasteiger partial charge in [-0.15, -0.1) is 0 Å². The van der Waals surface area contributed by atoms with E-state index in [4.69, 9.17) is 0 Å². The number of amides is 1. The van der Waals surface area contributed by atoms with Crippen molar-refractivity contribution in [1.29, 1.82) is 0 Å². The molecule has 0 aliphatic carbocycles. The Morgan fingerprint density at radius 2 is 1.39 bits per heavy atom. The van der Waals surface area contributed by atoms with Crippen LogP contribution in [0.15, 0.2) is 96.0 Å². The van der Waals surface area contributed by atoms with Crippen LogP contribution in [0.4, 0.5) is 0 Å². The maximum atomic E-state index is 13.3. The van der Waals surface area contributed by atoms with E-state index in [0.29, 0.717) is 6.42 Å². The number of rotatable bonds is 6. The lowest BCUT2D eigenvalue weighted by molar-refractivity contribution is -0.126. The van der Waals surface area contributed by atoms with Gasteiger partial charge in [-0.05, 0) is 24.0 Å². The lowest BCUT2D eigenvalue weighted by Gasteiger charge is -2.38. The van der Waals surface area contributed by atoms with Crippen molar-refractivity contribution in [2.75, 3.05) is 6.54 Å². The fraction of sp³-hybridized carbons (Fsp3) is 0.200. The van der Waals surface area contributed by atoms with E-state index in [9.17, 15) is 4.79 Å². The molecule has 3 nitrogen and oxygen atoms in total. The van der Waals surface area contributed by atoms with E-state index in [1.165, 1.54) is 5.56 Å². The summed E-state index contributed by atoms with van der Waals surface area (Å²) in [7, 11) is 0. The number of hydrogen-bond acceptors (Lipinski definition) is 2. The topological polar surface area (TPSA) is 32.7 Å². The zero-order valence-corrected chi connectivity index (χ0v) is 16.1. The summed E-state index contributed by atoms with van der Waals surface area (Å²) < 4.78 is 0. The highest BCUT2D eigenvalue weighted by atomic mass is 16.2. The molecule has 0 spiro atoms. The van der Waals surface area contributed by atoms with Crippen molar-refractivity contribution in [3.8, 4) is 0 Å². The van der Waals surface area contributed by atoms with E-state index in [-0.39, 0.29) is 5.91 Å². The van der Waals surface area contributed by atoms with Gasteiger partial charge < -0.3 is 4.90 Å². The smallest absolute Gasteiger partial charge is 0.278 e. The minimum absolute atomic E-state index is 0.0758. The first-order valence-electron chi connectivity index (χ1n) is 9.81. The van der Waals surface area contributed by atoms with Gasteiger partial charge in [0.1, 0.15) is 11.4 Å². The van der Waals surface area contributed by atoms with Gasteiger partial charge in [-0.2, -0.15) is 4.99 Å². The van der Waals surface area contributed by atoms with Gasteiger partial charge in [0, 0.05) is 12.1 Å². The molecule has 0 radical (unpaired) electrons. The van der Waals surface area contributed by atoms with Crippen molar-refractivity contribution in [1.82, 2.24) is 4.90 Å². The minimum Gasteiger partial charge on any atom is -0.337 e. The number of aliphatic imine (C=N–C) groups is 1. The molecule has 0 bridgehead atoms. The molecular formula is C25H24N2O. The number of benzene rings is 3. The van der Waals surface area contributed by atoms with Crippen LogP contribution in [-0.4, -0.2) is 23.2 Å². The van der Waals surface area contributed by atoms with E-state index in [1.807, 2.05) is 66.7 Å². The first-order chi connectivity index (χ1) is 13.8. The zero-order valence-electron chi connectivity index (χ0n) is 16.1. The van der Waals surface area contributed by atoms with Crippen molar-refractivity contribution < 1.29 is 4.79 Å². The van der Waals surface area contributed by atoms with Gasteiger partial charge in [-0.1, -0.05) is 97.9 Å². The maximum absolute atomic E-state index is 13.3. The Morgan fingerprint density at radius 1 is 0.821 bits per heavy atom. The van der Waals surface area contributed by atoms with Crippen LogP contribution < -0.4 is 0 Å². The standard InChI is InChI=1S/C25H24N2O/c1-2-25(22-16-10-5-11-17-22)24(28)26-23(21-14-8-4-9-15-21)27(25)19-18-20-12-6-3-7-13-20/h3-17H,2,18-19H2,1H3/t25-/m1/s1. The van der Waals surface area contributed by atoms with Crippen LogP contribution in [0.25, 0.3) is 0 Å². The lowest BCUT2D eigenvalue weighted by Crippen LogP contribution is -2.49. The van der Waals surface area contributed by atoms with E-state index >= 15 is 0 Å². The first kappa shape index (κ1) is 18.2. The fourth-order valence-electron chi connectivity index (χ4n) is 4.07. The van der Waals surface area contributed by atoms with E-state index < -0.39 is 5.54 Å². The van der Waals surface area contributed by atoms with Crippen molar-refractivity contribution >= 4 is 11.7 Å². The Bertz CT molecular complexity index is 967. The molecule has 3 aromatic rings. The highest BCUT2D eigenvalue weighted by Gasteiger charge is 2.50. The summed E-state index contributed by atoms with van der Waals surface area (Å²) in [4.78, 5) is 20.1. The summed E-state index contributed by atoms with van der Waals surface area (Å²) in [5.41, 5.74) is 2.49. The third kappa shape index (κ3) is 3.13. The van der Waals surface area contributed by atoms with Crippen molar-refractivity contribution in [3.05, 3.63) is 108 Å². The van der Waals surface area contributed by atoms with Crippen LogP contribution in [0.1, 0.15) is 30.0 Å². The molecule has 4 rings (SSSR count). The summed E-state index contributed by atoms with van der Waals surface area (Å²) in [6.07, 6.45) is 1.53. The number of carbonyl (C=O) groups excluding carboxylic acids is 1. The second-order valence-electron chi connectivity index (χ2n) is 7.07. The molecule has 0 N–H and O–H groups in total. The molecule has 28 heavy (non-hydrogen) atoms. The Morgan fingerprint density at radius 3 is 2.00 bits per heavy atom. The van der Waals surface area contributed by atoms with E-state index in [2.05, 4.69) is 41.1 Å². The molecule has 1 aliphatic heterocycles. The van der Waals surface area contributed by atoms with Crippen molar-refractivity contribution in [2.45, 2.75) is 25.3 Å². The molecule has 0 saturated heterocycles. The molecule has 1 heterocycles. The predicted molar refractivity (Wildman–Crippen MR) is 113 cm³/mol. The third-order valence-corrected chi connectivity index (χ3v) is 5.54. The van der Waals surface area contributed by atoms with Crippen LogP contribution in [-0.2, 0) is 16.8 Å². The van der Waals surface area contributed by atoms with Crippen molar-refractivity contribution in [3.63, 3.8) is 0 Å². The summed E-state index contributed by atoms with van der Waals surface area (Å²) >= 11 is 0. The summed E-state index contributed by atoms with van der Waals surface area (Å²) in [6, 6.07) is 30.5. The third-order valence-electron chi connectivity index (χ3n) is 5.54. The minimum atomic E-state index is -0.749. The van der Waals surface area contributed by atoms with Crippen LogP contribution in [0.2, 0.25) is 0 Å². The van der Waals surface area contributed by atoms with Crippen LogP contribution in [0.3, 0.4) is 0 Å². The largest absolute Gasteiger partial charge is 0.337 e. The Kier molecular flexibility index (Phi) is 5.07. The first-order valence-corrected chi connectivity index (χ1v) is 9.81. The molecule has 0 fully saturated rings. The summed E-state index contributed by atoms with van der Waals surface area (Å²) in [5.74, 6) is 0.695. The molecule has 3 heteroatoms. The second-order valence-corrected chi connectivity index (χ2v) is 7.07. The lowest BCUT2D eigenvalue weighted by atomic mass is 9.85. The summed E-state index contributed by atoms with van der Waals surface area (Å²) in [6.45, 7) is 2.80. The van der Waals surface area contributed by atoms with Gasteiger partial charge in [0.25, 0.3) is 5.91 Å². The normalized spacial score (nSPS) is 19.0. The van der Waals surface area contributed by atoms with Gasteiger partial charge in [-0.3, -0.25) is 4.79 Å². The van der Waals surface area contributed by atoms with Gasteiger partial charge in [0.15, 0.2) is 0 Å². The quantitative estimate of drug-likeness (QED) is 0.625. The second kappa shape index (κ2) is 7.81.